The van der Waals surface area contributed by atoms with Crippen LogP contribution < -0.4 is 0 Å². The molecule has 29 heavy (non-hydrogen) atoms. The fourth-order valence-electron chi connectivity index (χ4n) is 3.99. The Morgan fingerprint density at radius 2 is 1.90 bits per heavy atom. The van der Waals surface area contributed by atoms with Crippen molar-refractivity contribution in [3.05, 3.63) is 83.5 Å². The van der Waals surface area contributed by atoms with Crippen molar-refractivity contribution in [2.75, 3.05) is 13.1 Å². The second-order valence-electron chi connectivity index (χ2n) is 7.40. The highest BCUT2D eigenvalue weighted by molar-refractivity contribution is 7.13. The van der Waals surface area contributed by atoms with Crippen LogP contribution in [0.3, 0.4) is 0 Å². The Morgan fingerprint density at radius 1 is 0.966 bits per heavy atom. The van der Waals surface area contributed by atoms with E-state index in [1.807, 2.05) is 47.4 Å². The molecule has 1 saturated heterocycles. The molecule has 144 valence electrons. The molecule has 5 rings (SSSR count). The van der Waals surface area contributed by atoms with E-state index in [9.17, 15) is 4.79 Å². The fourth-order valence-corrected chi connectivity index (χ4v) is 4.69. The highest BCUT2D eigenvalue weighted by Gasteiger charge is 2.27. The van der Waals surface area contributed by atoms with Gasteiger partial charge in [-0.25, -0.2) is 4.98 Å². The van der Waals surface area contributed by atoms with Crippen molar-refractivity contribution in [1.82, 2.24) is 14.9 Å². The first-order valence-corrected chi connectivity index (χ1v) is 10.8. The maximum Gasteiger partial charge on any atom is 0.272 e. The van der Waals surface area contributed by atoms with E-state index in [0.717, 1.165) is 41.7 Å². The average Bonchev–Trinajstić information content (AvgIpc) is 3.33. The van der Waals surface area contributed by atoms with Gasteiger partial charge in [0.25, 0.3) is 5.91 Å². The van der Waals surface area contributed by atoms with E-state index in [1.54, 1.807) is 11.3 Å². The van der Waals surface area contributed by atoms with Crippen molar-refractivity contribution in [2.45, 2.75) is 18.8 Å². The van der Waals surface area contributed by atoms with Crippen molar-refractivity contribution in [1.29, 1.82) is 0 Å². The molecule has 1 aliphatic heterocycles. The molecule has 1 unspecified atom stereocenters. The monoisotopic (exact) mass is 399 g/mol. The quantitative estimate of drug-likeness (QED) is 0.465. The lowest BCUT2D eigenvalue weighted by molar-refractivity contribution is 0.0700. The van der Waals surface area contributed by atoms with E-state index in [2.05, 4.69) is 34.6 Å². The summed E-state index contributed by atoms with van der Waals surface area (Å²) in [7, 11) is 0. The maximum atomic E-state index is 13.1. The van der Waals surface area contributed by atoms with Gasteiger partial charge >= 0.3 is 0 Å². The summed E-state index contributed by atoms with van der Waals surface area (Å²) in [4.78, 5) is 25.7. The molecule has 4 aromatic rings. The number of thiophene rings is 1. The molecule has 0 radical (unpaired) electrons. The Hall–Kier alpha value is -3.05. The van der Waals surface area contributed by atoms with Gasteiger partial charge in [0.2, 0.25) is 0 Å². The number of para-hydroxylation sites is 1. The topological polar surface area (TPSA) is 46.1 Å². The van der Waals surface area contributed by atoms with E-state index in [1.165, 1.54) is 4.88 Å². The lowest BCUT2D eigenvalue weighted by atomic mass is 9.93. The highest BCUT2D eigenvalue weighted by atomic mass is 32.1. The Morgan fingerprint density at radius 3 is 2.79 bits per heavy atom. The average molecular weight is 400 g/mol. The first kappa shape index (κ1) is 18.0. The summed E-state index contributed by atoms with van der Waals surface area (Å²) >= 11 is 1.70. The molecule has 5 heteroatoms. The van der Waals surface area contributed by atoms with E-state index in [0.29, 0.717) is 12.2 Å². The Balaban J connectivity index is 1.37. The van der Waals surface area contributed by atoms with Crippen LogP contribution in [0.5, 0.6) is 0 Å². The second kappa shape index (κ2) is 7.76. The number of carbonyl (C=O) groups excluding carboxylic acids is 1. The van der Waals surface area contributed by atoms with Crippen LogP contribution in [0.15, 0.2) is 72.1 Å². The van der Waals surface area contributed by atoms with Gasteiger partial charge in [-0.15, -0.1) is 11.3 Å². The molecule has 0 bridgehead atoms. The van der Waals surface area contributed by atoms with Gasteiger partial charge in [-0.05, 0) is 48.6 Å². The number of carbonyl (C=O) groups is 1. The van der Waals surface area contributed by atoms with Gasteiger partial charge in [-0.1, -0.05) is 36.4 Å². The molecule has 4 heterocycles. The summed E-state index contributed by atoms with van der Waals surface area (Å²) in [5.74, 6) is 0.267. The van der Waals surface area contributed by atoms with Gasteiger partial charge in [0.15, 0.2) is 0 Å². The Kier molecular flexibility index (Phi) is 4.82. The second-order valence-corrected chi connectivity index (χ2v) is 8.35. The van der Waals surface area contributed by atoms with E-state index < -0.39 is 0 Å². The zero-order valence-electron chi connectivity index (χ0n) is 16.0. The first-order valence-electron chi connectivity index (χ1n) is 9.94. The number of hydrogen-bond acceptors (Lipinski definition) is 4. The number of piperidine rings is 1. The molecule has 1 amide bonds. The summed E-state index contributed by atoms with van der Waals surface area (Å²) in [5, 5.41) is 3.12. The number of nitrogens with zero attached hydrogens (tertiary/aromatic N) is 3. The molecule has 0 N–H and O–H groups in total. The van der Waals surface area contributed by atoms with Crippen molar-refractivity contribution in [3.63, 3.8) is 0 Å². The molecule has 0 saturated carbocycles. The summed E-state index contributed by atoms with van der Waals surface area (Å²) in [6, 6.07) is 22.1. The largest absolute Gasteiger partial charge is 0.337 e. The van der Waals surface area contributed by atoms with E-state index in [-0.39, 0.29) is 11.8 Å². The van der Waals surface area contributed by atoms with E-state index in [4.69, 9.17) is 4.98 Å². The molecule has 1 fully saturated rings. The van der Waals surface area contributed by atoms with Crippen LogP contribution in [-0.2, 0) is 0 Å². The molecular formula is C24H21N3OS. The molecule has 1 aliphatic rings. The number of benzene rings is 1. The third kappa shape index (κ3) is 3.66. The minimum atomic E-state index is 0.00913. The summed E-state index contributed by atoms with van der Waals surface area (Å²) < 4.78 is 0. The number of pyridine rings is 2. The van der Waals surface area contributed by atoms with Crippen LogP contribution >= 0.6 is 11.3 Å². The van der Waals surface area contributed by atoms with E-state index >= 15 is 0 Å². The maximum absolute atomic E-state index is 13.1. The van der Waals surface area contributed by atoms with Crippen LogP contribution in [0.4, 0.5) is 0 Å². The fraction of sp³-hybridized carbons (Fsp3) is 0.208. The van der Waals surface area contributed by atoms with Crippen LogP contribution in [0.2, 0.25) is 0 Å². The van der Waals surface area contributed by atoms with Crippen LogP contribution in [0.25, 0.3) is 21.5 Å². The highest BCUT2D eigenvalue weighted by Crippen LogP contribution is 2.29. The molecular weight excluding hydrogens is 378 g/mol. The molecule has 0 spiro atoms. The minimum absolute atomic E-state index is 0.00913. The lowest BCUT2D eigenvalue weighted by Crippen LogP contribution is -2.39. The van der Waals surface area contributed by atoms with Crippen molar-refractivity contribution >= 4 is 28.1 Å². The number of amides is 1. The van der Waals surface area contributed by atoms with Crippen LogP contribution in [0, 0.1) is 0 Å². The van der Waals surface area contributed by atoms with Gasteiger partial charge in [-0.3, -0.25) is 9.78 Å². The van der Waals surface area contributed by atoms with Crippen molar-refractivity contribution in [2.24, 2.45) is 0 Å². The number of aromatic nitrogens is 2. The third-order valence-electron chi connectivity index (χ3n) is 5.49. The molecule has 1 atom stereocenters. The third-order valence-corrected chi connectivity index (χ3v) is 6.38. The molecule has 3 aromatic heterocycles. The minimum Gasteiger partial charge on any atom is -0.337 e. The number of likely N-dealkylation sites (tertiary alicyclic amines) is 1. The Labute approximate surface area is 173 Å². The summed E-state index contributed by atoms with van der Waals surface area (Å²) in [6.07, 6.45) is 2.03. The molecule has 0 aliphatic carbocycles. The van der Waals surface area contributed by atoms with Gasteiger partial charge in [0.1, 0.15) is 5.69 Å². The molecule has 4 nitrogen and oxygen atoms in total. The lowest BCUT2D eigenvalue weighted by Gasteiger charge is -2.32. The zero-order chi connectivity index (χ0) is 19.6. The normalized spacial score (nSPS) is 16.8. The SMILES string of the molecule is O=C(c1ccc2ccccc2n1)N1CCCC(c2cccc(-c3cccs3)n2)C1. The van der Waals surface area contributed by atoms with Gasteiger partial charge in [0.05, 0.1) is 16.1 Å². The first-order chi connectivity index (χ1) is 14.3. The predicted octanol–water partition coefficient (Wildman–Crippen LogP) is 5.38. The predicted molar refractivity (Wildman–Crippen MR) is 117 cm³/mol. The van der Waals surface area contributed by atoms with Gasteiger partial charge in [-0.2, -0.15) is 0 Å². The number of fused-ring (bicyclic) bond motifs is 1. The molecule has 1 aromatic carbocycles. The standard InChI is InChI=1S/C24H21N3OS/c28-24(22-13-12-17-6-1-2-8-19(17)26-22)27-14-4-7-18(16-27)20-9-3-10-21(25-20)23-11-5-15-29-23/h1-3,5-6,8-13,15,18H,4,7,14,16H2. The summed E-state index contributed by atoms with van der Waals surface area (Å²) in [6.45, 7) is 1.46. The Bertz CT molecular complexity index is 1160. The number of rotatable bonds is 3. The summed E-state index contributed by atoms with van der Waals surface area (Å²) in [5.41, 5.74) is 3.46. The van der Waals surface area contributed by atoms with Gasteiger partial charge < -0.3 is 4.90 Å². The van der Waals surface area contributed by atoms with Gasteiger partial charge in [0, 0.05) is 30.1 Å². The van der Waals surface area contributed by atoms with Crippen molar-refractivity contribution in [3.8, 4) is 10.6 Å². The van der Waals surface area contributed by atoms with Crippen LogP contribution in [0.1, 0.15) is 34.9 Å². The van der Waals surface area contributed by atoms with Crippen LogP contribution in [-0.4, -0.2) is 33.9 Å². The zero-order valence-corrected chi connectivity index (χ0v) is 16.8. The number of hydrogen-bond donors (Lipinski definition) is 0. The smallest absolute Gasteiger partial charge is 0.272 e. The van der Waals surface area contributed by atoms with Crippen molar-refractivity contribution < 1.29 is 4.79 Å².